The van der Waals surface area contributed by atoms with Crippen molar-refractivity contribution in [3.8, 4) is 0 Å². The maximum atomic E-state index is 12.1. The fraction of sp³-hybridized carbons (Fsp3) is 0.571. The van der Waals surface area contributed by atoms with Crippen molar-refractivity contribution in [2.45, 2.75) is 39.5 Å². The molecule has 0 saturated heterocycles. The van der Waals surface area contributed by atoms with Gasteiger partial charge in [0, 0.05) is 6.04 Å². The Labute approximate surface area is 110 Å². The van der Waals surface area contributed by atoms with Crippen LogP contribution in [-0.2, 0) is 15.6 Å². The molecule has 0 spiro atoms. The summed E-state index contributed by atoms with van der Waals surface area (Å²) < 4.78 is 24.3. The highest BCUT2D eigenvalue weighted by Crippen LogP contribution is 2.20. The highest BCUT2D eigenvalue weighted by Gasteiger charge is 2.26. The van der Waals surface area contributed by atoms with Crippen LogP contribution in [0.2, 0.25) is 0 Å². The van der Waals surface area contributed by atoms with Crippen LogP contribution >= 0.6 is 0 Å². The Kier molecular flexibility index (Phi) is 4.56. The van der Waals surface area contributed by atoms with Crippen LogP contribution in [-0.4, -0.2) is 20.2 Å². The van der Waals surface area contributed by atoms with E-state index in [1.54, 1.807) is 0 Å². The van der Waals surface area contributed by atoms with Gasteiger partial charge in [-0.15, -0.1) is 0 Å². The van der Waals surface area contributed by atoms with Crippen LogP contribution in [0.5, 0.6) is 0 Å². The molecule has 0 aliphatic heterocycles. The molecule has 0 aliphatic rings. The molecule has 1 atom stereocenters. The summed E-state index contributed by atoms with van der Waals surface area (Å²) in [6.07, 6.45) is 0. The lowest BCUT2D eigenvalue weighted by Gasteiger charge is -2.26. The second kappa shape index (κ2) is 5.41. The van der Waals surface area contributed by atoms with E-state index in [1.165, 1.54) is 0 Å². The van der Waals surface area contributed by atoms with Crippen molar-refractivity contribution in [3.63, 3.8) is 0 Å². The van der Waals surface area contributed by atoms with Gasteiger partial charge in [0.25, 0.3) is 0 Å². The monoisotopic (exact) mass is 269 g/mol. The third-order valence-corrected chi connectivity index (χ3v) is 4.80. The molecule has 0 aromatic heterocycles. The standard InChI is InChI=1S/C14H23NO2S/c1-11-7-5-6-8-12(11)9-18(16,17)10-13(15)14(2,3)4/h5-8,13H,9-10,15H2,1-4H3. The first-order valence-electron chi connectivity index (χ1n) is 6.12. The summed E-state index contributed by atoms with van der Waals surface area (Å²) in [4.78, 5) is 0. The first-order chi connectivity index (χ1) is 8.12. The van der Waals surface area contributed by atoms with Crippen molar-refractivity contribution in [2.24, 2.45) is 11.1 Å². The van der Waals surface area contributed by atoms with Crippen LogP contribution in [0.15, 0.2) is 24.3 Å². The molecule has 1 unspecified atom stereocenters. The zero-order chi connectivity index (χ0) is 14.0. The minimum absolute atomic E-state index is 0.0326. The zero-order valence-electron chi connectivity index (χ0n) is 11.6. The van der Waals surface area contributed by atoms with Gasteiger partial charge in [0.15, 0.2) is 9.84 Å². The van der Waals surface area contributed by atoms with Crippen molar-refractivity contribution in [3.05, 3.63) is 35.4 Å². The topological polar surface area (TPSA) is 60.2 Å². The van der Waals surface area contributed by atoms with E-state index < -0.39 is 9.84 Å². The first-order valence-corrected chi connectivity index (χ1v) is 7.94. The van der Waals surface area contributed by atoms with Gasteiger partial charge in [0.05, 0.1) is 11.5 Å². The number of nitrogens with two attached hydrogens (primary N) is 1. The summed E-state index contributed by atoms with van der Waals surface area (Å²) in [6.45, 7) is 7.80. The van der Waals surface area contributed by atoms with Gasteiger partial charge >= 0.3 is 0 Å². The molecule has 1 aromatic carbocycles. The normalized spacial score (nSPS) is 14.5. The number of hydrogen-bond acceptors (Lipinski definition) is 3. The molecule has 0 amide bonds. The second-order valence-corrected chi connectivity index (χ2v) is 8.06. The summed E-state index contributed by atoms with van der Waals surface area (Å²) in [6, 6.07) is 7.21. The fourth-order valence-electron chi connectivity index (χ4n) is 1.59. The van der Waals surface area contributed by atoms with Crippen LogP contribution in [0, 0.1) is 12.3 Å². The van der Waals surface area contributed by atoms with Crippen molar-refractivity contribution in [1.29, 1.82) is 0 Å². The molecule has 0 bridgehead atoms. The summed E-state index contributed by atoms with van der Waals surface area (Å²) in [5.74, 6) is 0.105. The Morgan fingerprint density at radius 1 is 1.22 bits per heavy atom. The number of aryl methyl sites for hydroxylation is 1. The average Bonchev–Trinajstić information content (AvgIpc) is 2.19. The van der Waals surface area contributed by atoms with E-state index in [4.69, 9.17) is 5.73 Å². The minimum Gasteiger partial charge on any atom is -0.326 e. The predicted molar refractivity (Wildman–Crippen MR) is 76.1 cm³/mol. The van der Waals surface area contributed by atoms with Crippen molar-refractivity contribution >= 4 is 9.84 Å². The summed E-state index contributed by atoms with van der Waals surface area (Å²) >= 11 is 0. The molecule has 0 saturated carbocycles. The number of rotatable bonds is 4. The van der Waals surface area contributed by atoms with E-state index in [-0.39, 0.29) is 23.0 Å². The Balaban J connectivity index is 2.81. The SMILES string of the molecule is Cc1ccccc1CS(=O)(=O)CC(N)C(C)(C)C. The molecule has 0 aliphatic carbocycles. The third-order valence-electron chi connectivity index (χ3n) is 3.18. The maximum absolute atomic E-state index is 12.1. The lowest BCUT2D eigenvalue weighted by Crippen LogP contribution is -2.41. The van der Waals surface area contributed by atoms with Crippen molar-refractivity contribution in [2.75, 3.05) is 5.75 Å². The highest BCUT2D eigenvalue weighted by atomic mass is 32.2. The smallest absolute Gasteiger partial charge is 0.155 e. The molecular formula is C14H23NO2S. The minimum atomic E-state index is -3.16. The van der Waals surface area contributed by atoms with E-state index >= 15 is 0 Å². The van der Waals surface area contributed by atoms with E-state index in [1.807, 2.05) is 52.0 Å². The number of hydrogen-bond donors (Lipinski definition) is 1. The molecule has 1 aromatic rings. The molecule has 0 radical (unpaired) electrons. The predicted octanol–water partition coefficient (Wildman–Crippen LogP) is 2.28. The maximum Gasteiger partial charge on any atom is 0.155 e. The van der Waals surface area contributed by atoms with Crippen LogP contribution in [0.25, 0.3) is 0 Å². The third kappa shape index (κ3) is 4.42. The van der Waals surface area contributed by atoms with Crippen LogP contribution in [0.3, 0.4) is 0 Å². The van der Waals surface area contributed by atoms with Gasteiger partial charge < -0.3 is 5.73 Å². The Bertz CT molecular complexity index is 501. The van der Waals surface area contributed by atoms with Gasteiger partial charge in [0.2, 0.25) is 0 Å². The quantitative estimate of drug-likeness (QED) is 0.912. The number of sulfone groups is 1. The Morgan fingerprint density at radius 2 is 1.78 bits per heavy atom. The van der Waals surface area contributed by atoms with Gasteiger partial charge in [-0.1, -0.05) is 45.0 Å². The van der Waals surface area contributed by atoms with Gasteiger partial charge in [-0.3, -0.25) is 0 Å². The van der Waals surface area contributed by atoms with Gasteiger partial charge in [0.1, 0.15) is 0 Å². The summed E-state index contributed by atoms with van der Waals surface area (Å²) in [5.41, 5.74) is 7.62. The Hall–Kier alpha value is -0.870. The largest absolute Gasteiger partial charge is 0.326 e. The first kappa shape index (κ1) is 15.2. The zero-order valence-corrected chi connectivity index (χ0v) is 12.4. The molecular weight excluding hydrogens is 246 g/mol. The van der Waals surface area contributed by atoms with Gasteiger partial charge in [-0.05, 0) is 23.5 Å². The number of benzene rings is 1. The van der Waals surface area contributed by atoms with E-state index in [2.05, 4.69) is 0 Å². The van der Waals surface area contributed by atoms with Crippen LogP contribution < -0.4 is 5.73 Å². The molecule has 2 N–H and O–H groups in total. The molecule has 1 rings (SSSR count). The van der Waals surface area contributed by atoms with E-state index in [0.717, 1.165) is 11.1 Å². The molecule has 102 valence electrons. The fourth-order valence-corrected chi connectivity index (χ4v) is 3.55. The lowest BCUT2D eigenvalue weighted by atomic mass is 9.89. The highest BCUT2D eigenvalue weighted by molar-refractivity contribution is 7.90. The van der Waals surface area contributed by atoms with E-state index in [0.29, 0.717) is 0 Å². The molecule has 18 heavy (non-hydrogen) atoms. The molecule has 0 fully saturated rings. The average molecular weight is 269 g/mol. The van der Waals surface area contributed by atoms with Crippen LogP contribution in [0.1, 0.15) is 31.9 Å². The molecule has 4 heteroatoms. The lowest BCUT2D eigenvalue weighted by molar-refractivity contribution is 0.340. The molecule has 3 nitrogen and oxygen atoms in total. The van der Waals surface area contributed by atoms with Crippen LogP contribution in [0.4, 0.5) is 0 Å². The Morgan fingerprint density at radius 3 is 2.28 bits per heavy atom. The van der Waals surface area contributed by atoms with Crippen molar-refractivity contribution < 1.29 is 8.42 Å². The van der Waals surface area contributed by atoms with Gasteiger partial charge in [-0.2, -0.15) is 0 Å². The summed E-state index contributed by atoms with van der Waals surface area (Å²) in [5, 5.41) is 0. The molecule has 0 heterocycles. The van der Waals surface area contributed by atoms with Gasteiger partial charge in [-0.25, -0.2) is 8.42 Å². The summed E-state index contributed by atoms with van der Waals surface area (Å²) in [7, 11) is -3.16. The van der Waals surface area contributed by atoms with E-state index in [9.17, 15) is 8.42 Å². The van der Waals surface area contributed by atoms with Crippen molar-refractivity contribution in [1.82, 2.24) is 0 Å². The second-order valence-electron chi connectivity index (χ2n) is 5.95.